The second kappa shape index (κ2) is 8.46. The minimum Gasteiger partial charge on any atom is -0.354 e. The third kappa shape index (κ3) is 4.80. The number of anilines is 4. The van der Waals surface area contributed by atoms with Crippen LogP contribution >= 0.6 is 0 Å². The Morgan fingerprint density at radius 1 is 1.16 bits per heavy atom. The Labute approximate surface area is 189 Å². The van der Waals surface area contributed by atoms with Gasteiger partial charge < -0.3 is 16.0 Å². The standard InChI is InChI=1S/C20H22N8O3S/c1-11-9-15(26-18(23-11)12-6-7-12)25-16-10-13(17(28-27-16)20(29)21-2)24-19-14(32(3,30)31)5-4-8-22-19/h4-5,8-10,12H,6-7H2,1-3H3,(H,21,29)(H2,22,23,24,25,26,27)/i2D3. The maximum atomic E-state index is 12.6. The van der Waals surface area contributed by atoms with Crippen molar-refractivity contribution in [2.24, 2.45) is 0 Å². The van der Waals surface area contributed by atoms with E-state index in [-0.39, 0.29) is 27.9 Å². The molecule has 32 heavy (non-hydrogen) atoms. The Morgan fingerprint density at radius 2 is 1.97 bits per heavy atom. The van der Waals surface area contributed by atoms with Crippen LogP contribution in [0.2, 0.25) is 0 Å². The van der Waals surface area contributed by atoms with Gasteiger partial charge in [-0.15, -0.1) is 10.2 Å². The predicted molar refractivity (Wildman–Crippen MR) is 118 cm³/mol. The largest absolute Gasteiger partial charge is 0.354 e. The first-order valence-corrected chi connectivity index (χ1v) is 11.5. The third-order valence-electron chi connectivity index (χ3n) is 4.62. The van der Waals surface area contributed by atoms with Crippen LogP contribution in [0.25, 0.3) is 0 Å². The van der Waals surface area contributed by atoms with Crippen LogP contribution in [0.3, 0.4) is 0 Å². The molecule has 1 saturated carbocycles. The number of hydrogen-bond donors (Lipinski definition) is 3. The zero-order chi connectivity index (χ0) is 25.4. The molecule has 0 aromatic carbocycles. The fourth-order valence-electron chi connectivity index (χ4n) is 3.00. The summed E-state index contributed by atoms with van der Waals surface area (Å²) in [5.41, 5.74) is 0.381. The van der Waals surface area contributed by atoms with Crippen molar-refractivity contribution in [2.45, 2.75) is 30.6 Å². The summed E-state index contributed by atoms with van der Waals surface area (Å²) in [6.07, 6.45) is 4.44. The number of rotatable bonds is 7. The lowest BCUT2D eigenvalue weighted by Crippen LogP contribution is -2.22. The highest BCUT2D eigenvalue weighted by Crippen LogP contribution is 2.38. The van der Waals surface area contributed by atoms with Crippen molar-refractivity contribution < 1.29 is 17.3 Å². The van der Waals surface area contributed by atoms with Gasteiger partial charge in [0, 0.05) is 47.3 Å². The van der Waals surface area contributed by atoms with Gasteiger partial charge in [-0.25, -0.2) is 23.4 Å². The molecule has 1 fully saturated rings. The molecule has 0 bridgehead atoms. The van der Waals surface area contributed by atoms with Crippen LogP contribution in [-0.4, -0.2) is 52.7 Å². The van der Waals surface area contributed by atoms with Gasteiger partial charge in [-0.05, 0) is 31.9 Å². The lowest BCUT2D eigenvalue weighted by molar-refractivity contribution is 0.0958. The van der Waals surface area contributed by atoms with Gasteiger partial charge in [0.1, 0.15) is 22.4 Å². The van der Waals surface area contributed by atoms with E-state index in [2.05, 4.69) is 35.8 Å². The van der Waals surface area contributed by atoms with Gasteiger partial charge in [-0.2, -0.15) is 0 Å². The van der Waals surface area contributed by atoms with Crippen molar-refractivity contribution in [3.8, 4) is 0 Å². The number of carbonyl (C=O) groups is 1. The van der Waals surface area contributed by atoms with Gasteiger partial charge in [0.2, 0.25) is 0 Å². The molecule has 3 N–H and O–H groups in total. The molecule has 1 amide bonds. The van der Waals surface area contributed by atoms with Gasteiger partial charge in [-0.3, -0.25) is 4.79 Å². The van der Waals surface area contributed by atoms with Crippen molar-refractivity contribution in [1.29, 1.82) is 0 Å². The first-order valence-electron chi connectivity index (χ1n) is 11.1. The quantitative estimate of drug-likeness (QED) is 0.481. The van der Waals surface area contributed by atoms with E-state index in [1.165, 1.54) is 24.4 Å². The highest BCUT2D eigenvalue weighted by molar-refractivity contribution is 7.90. The van der Waals surface area contributed by atoms with Gasteiger partial charge in [0.05, 0.1) is 5.69 Å². The van der Waals surface area contributed by atoms with E-state index in [0.717, 1.165) is 30.6 Å². The molecule has 0 radical (unpaired) electrons. The highest BCUT2D eigenvalue weighted by Gasteiger charge is 2.27. The number of pyridine rings is 1. The SMILES string of the molecule is [2H]C([2H])([2H])NC(=O)c1nnc(Nc2cc(C)nc(C3CC3)n2)cc1Nc1ncccc1S(C)(=O)=O. The lowest BCUT2D eigenvalue weighted by atomic mass is 10.3. The van der Waals surface area contributed by atoms with E-state index in [1.807, 2.05) is 12.2 Å². The van der Waals surface area contributed by atoms with Gasteiger partial charge in [0.25, 0.3) is 5.91 Å². The molecule has 4 rings (SSSR count). The van der Waals surface area contributed by atoms with E-state index < -0.39 is 22.7 Å². The Balaban J connectivity index is 1.73. The van der Waals surface area contributed by atoms with Crippen molar-refractivity contribution >= 4 is 38.9 Å². The molecule has 0 saturated heterocycles. The van der Waals surface area contributed by atoms with E-state index in [4.69, 9.17) is 4.11 Å². The highest BCUT2D eigenvalue weighted by atomic mass is 32.2. The van der Waals surface area contributed by atoms with Crippen molar-refractivity contribution in [3.63, 3.8) is 0 Å². The van der Waals surface area contributed by atoms with Crippen LogP contribution in [0.15, 0.2) is 35.4 Å². The predicted octanol–water partition coefficient (Wildman–Crippen LogP) is 2.10. The summed E-state index contributed by atoms with van der Waals surface area (Å²) < 4.78 is 46.3. The number of aryl methyl sites for hydroxylation is 1. The molecule has 0 aliphatic heterocycles. The first kappa shape index (κ1) is 18.0. The summed E-state index contributed by atoms with van der Waals surface area (Å²) in [6, 6.07) is 5.91. The zero-order valence-corrected chi connectivity index (χ0v) is 18.1. The van der Waals surface area contributed by atoms with Crippen LogP contribution in [-0.2, 0) is 9.84 Å². The number of carbonyl (C=O) groups excluding carboxylic acids is 1. The molecule has 3 heterocycles. The van der Waals surface area contributed by atoms with Crippen LogP contribution in [0.1, 0.15) is 44.9 Å². The molecule has 3 aromatic heterocycles. The van der Waals surface area contributed by atoms with Gasteiger partial charge >= 0.3 is 0 Å². The molecule has 3 aromatic rings. The normalized spacial score (nSPS) is 15.2. The van der Waals surface area contributed by atoms with Crippen LogP contribution < -0.4 is 16.0 Å². The van der Waals surface area contributed by atoms with Crippen LogP contribution in [0.5, 0.6) is 0 Å². The van der Waals surface area contributed by atoms with Crippen molar-refractivity contribution in [2.75, 3.05) is 23.9 Å². The topological polar surface area (TPSA) is 152 Å². The maximum Gasteiger partial charge on any atom is 0.273 e. The summed E-state index contributed by atoms with van der Waals surface area (Å²) >= 11 is 0. The third-order valence-corrected chi connectivity index (χ3v) is 5.74. The van der Waals surface area contributed by atoms with Crippen LogP contribution in [0, 0.1) is 6.92 Å². The number of aromatic nitrogens is 5. The van der Waals surface area contributed by atoms with E-state index in [0.29, 0.717) is 11.7 Å². The number of amides is 1. The fraction of sp³-hybridized carbons (Fsp3) is 0.300. The molecular formula is C20H22N8O3S. The summed E-state index contributed by atoms with van der Waals surface area (Å²) in [7, 11) is -3.67. The molecule has 12 heteroatoms. The smallest absolute Gasteiger partial charge is 0.273 e. The van der Waals surface area contributed by atoms with E-state index >= 15 is 0 Å². The van der Waals surface area contributed by atoms with E-state index in [9.17, 15) is 13.2 Å². The van der Waals surface area contributed by atoms with Crippen LogP contribution in [0.4, 0.5) is 23.1 Å². The molecular weight excluding hydrogens is 432 g/mol. The van der Waals surface area contributed by atoms with Gasteiger partial charge in [-0.1, -0.05) is 0 Å². The number of hydrogen-bond acceptors (Lipinski definition) is 10. The Hall–Kier alpha value is -3.67. The molecule has 166 valence electrons. The second-order valence-electron chi connectivity index (χ2n) is 7.35. The van der Waals surface area contributed by atoms with Crippen molar-refractivity contribution in [1.82, 2.24) is 30.5 Å². The lowest BCUT2D eigenvalue weighted by Gasteiger charge is -2.14. The summed E-state index contributed by atoms with van der Waals surface area (Å²) in [6.45, 7) is -0.930. The number of nitrogens with zero attached hydrogens (tertiary/aromatic N) is 5. The second-order valence-corrected chi connectivity index (χ2v) is 9.33. The molecule has 0 atom stereocenters. The monoisotopic (exact) mass is 457 g/mol. The molecule has 0 spiro atoms. The van der Waals surface area contributed by atoms with Crippen molar-refractivity contribution in [3.05, 3.63) is 47.7 Å². The zero-order valence-electron chi connectivity index (χ0n) is 20.2. The maximum absolute atomic E-state index is 12.6. The Kier molecular flexibility index (Phi) is 4.75. The minimum atomic E-state index is -3.67. The first-order chi connectivity index (χ1) is 16.4. The molecule has 1 aliphatic carbocycles. The van der Waals surface area contributed by atoms with E-state index in [1.54, 1.807) is 6.07 Å². The Bertz CT molecular complexity index is 1390. The number of sulfone groups is 1. The average molecular weight is 458 g/mol. The average Bonchev–Trinajstić information content (AvgIpc) is 3.57. The summed E-state index contributed by atoms with van der Waals surface area (Å²) in [5, 5.41) is 15.5. The summed E-state index contributed by atoms with van der Waals surface area (Å²) in [4.78, 5) is 25.5. The minimum absolute atomic E-state index is 0.0129. The Morgan fingerprint density at radius 3 is 2.69 bits per heavy atom. The molecule has 11 nitrogen and oxygen atoms in total. The summed E-state index contributed by atoms with van der Waals surface area (Å²) in [5.74, 6) is 0.591. The number of nitrogens with one attached hydrogen (secondary N) is 3. The fourth-order valence-corrected chi connectivity index (χ4v) is 3.78. The molecule has 0 unspecified atom stereocenters. The van der Waals surface area contributed by atoms with Gasteiger partial charge in [0.15, 0.2) is 21.3 Å². The molecule has 1 aliphatic rings.